The number of ether oxygens (including phenoxy) is 3. The van der Waals surface area contributed by atoms with Crippen LogP contribution >= 0.6 is 0 Å². The number of benzene rings is 1. The number of urea groups is 1. The van der Waals surface area contributed by atoms with Gasteiger partial charge in [0.05, 0.1) is 42.4 Å². The maximum absolute atomic E-state index is 14.8. The second-order valence-corrected chi connectivity index (χ2v) is 19.9. The minimum atomic E-state index is -1.13. The van der Waals surface area contributed by atoms with E-state index in [1.807, 2.05) is 45.0 Å². The minimum Gasteiger partial charge on any atom is -0.464 e. The molecule has 3 aliphatic rings. The van der Waals surface area contributed by atoms with Gasteiger partial charge < -0.3 is 38.8 Å². The summed E-state index contributed by atoms with van der Waals surface area (Å²) in [6, 6.07) is 12.5. The summed E-state index contributed by atoms with van der Waals surface area (Å²) in [7, 11) is 4.84. The number of fused-ring (bicyclic) bond motifs is 6. The lowest BCUT2D eigenvalue weighted by molar-refractivity contribution is -0.155. The number of aryl methyl sites for hydroxylation is 1. The zero-order valence-electron chi connectivity index (χ0n) is 42.3. The van der Waals surface area contributed by atoms with E-state index in [2.05, 4.69) is 66.9 Å². The number of hydrogen-bond donors (Lipinski definition) is 2. The number of cyclic esters (lactones) is 1. The van der Waals surface area contributed by atoms with Gasteiger partial charge in [0.1, 0.15) is 18.1 Å². The van der Waals surface area contributed by atoms with Gasteiger partial charge in [-0.1, -0.05) is 46.4 Å². The highest BCUT2D eigenvalue weighted by atomic mass is 16.5. The van der Waals surface area contributed by atoms with Crippen molar-refractivity contribution in [3.8, 4) is 22.5 Å². The van der Waals surface area contributed by atoms with Crippen LogP contribution in [0.3, 0.4) is 0 Å². The normalized spacial score (nSPS) is 20.4. The predicted octanol–water partition coefficient (Wildman–Crippen LogP) is 5.95. The Bertz CT molecular complexity index is 2580. The Morgan fingerprint density at radius 3 is 2.57 bits per heavy atom. The number of likely N-dealkylation sites (tertiary alicyclic amines) is 1. The van der Waals surface area contributed by atoms with Crippen molar-refractivity contribution in [1.82, 2.24) is 45.0 Å². The van der Waals surface area contributed by atoms with E-state index >= 15 is 0 Å². The van der Waals surface area contributed by atoms with Crippen LogP contribution in [-0.4, -0.2) is 149 Å². The van der Waals surface area contributed by atoms with Crippen molar-refractivity contribution in [1.29, 1.82) is 0 Å². The highest BCUT2D eigenvalue weighted by Crippen LogP contribution is 2.42. The van der Waals surface area contributed by atoms with E-state index < -0.39 is 41.3 Å². The molecule has 2 fully saturated rings. The lowest BCUT2D eigenvalue weighted by atomic mass is 9.84. The van der Waals surface area contributed by atoms with Gasteiger partial charge in [-0.25, -0.2) is 10.2 Å². The Hall–Kier alpha value is -6.17. The second-order valence-electron chi connectivity index (χ2n) is 19.9. The Morgan fingerprint density at radius 1 is 1.07 bits per heavy atom. The van der Waals surface area contributed by atoms with Gasteiger partial charge in [-0.3, -0.25) is 34.2 Å². The van der Waals surface area contributed by atoms with Gasteiger partial charge in [-0.15, -0.1) is 0 Å². The fourth-order valence-corrected chi connectivity index (χ4v) is 10.3. The summed E-state index contributed by atoms with van der Waals surface area (Å²) in [5.74, 6) is -2.02. The number of likely N-dealkylation sites (N-methyl/N-ethyl adjacent to an activating group) is 1. The van der Waals surface area contributed by atoms with E-state index in [-0.39, 0.29) is 49.6 Å². The molecule has 0 aliphatic carbocycles. The number of esters is 1. The Balaban J connectivity index is 1.25. The minimum absolute atomic E-state index is 0.0239. The van der Waals surface area contributed by atoms with Crippen molar-refractivity contribution >= 4 is 40.6 Å². The number of carbonyl (C=O) groups is 5. The molecule has 0 spiro atoms. The van der Waals surface area contributed by atoms with Gasteiger partial charge in [0.2, 0.25) is 11.8 Å². The van der Waals surface area contributed by atoms with Gasteiger partial charge in [0.25, 0.3) is 5.91 Å². The Kier molecular flexibility index (Phi) is 16.4. The summed E-state index contributed by atoms with van der Waals surface area (Å²) in [6.07, 6.45) is 4.90. The van der Waals surface area contributed by atoms with Gasteiger partial charge >= 0.3 is 12.0 Å². The van der Waals surface area contributed by atoms with Gasteiger partial charge in [0.15, 0.2) is 0 Å². The van der Waals surface area contributed by atoms with Crippen LogP contribution in [0.2, 0.25) is 0 Å². The number of amides is 5. The molecule has 0 radical (unpaired) electrons. The first-order valence-electron chi connectivity index (χ1n) is 24.6. The van der Waals surface area contributed by atoms with Crippen molar-refractivity contribution < 1.29 is 38.2 Å². The van der Waals surface area contributed by atoms with E-state index in [1.165, 1.54) is 16.0 Å². The fourth-order valence-electron chi connectivity index (χ4n) is 10.3. The van der Waals surface area contributed by atoms with Crippen molar-refractivity contribution in [3.05, 3.63) is 84.3 Å². The van der Waals surface area contributed by atoms with Crippen LogP contribution in [-0.2, 0) is 52.8 Å². The maximum Gasteiger partial charge on any atom is 0.324 e. The molecule has 5 amide bonds. The Morgan fingerprint density at radius 2 is 1.86 bits per heavy atom. The first-order valence-corrected chi connectivity index (χ1v) is 24.6. The smallest absolute Gasteiger partial charge is 0.324 e. The number of hydrazine groups is 1. The lowest BCUT2D eigenvalue weighted by Crippen LogP contribution is -2.62. The summed E-state index contributed by atoms with van der Waals surface area (Å²) >= 11 is 0. The largest absolute Gasteiger partial charge is 0.464 e. The van der Waals surface area contributed by atoms with E-state index in [0.29, 0.717) is 69.9 Å². The van der Waals surface area contributed by atoms with Crippen LogP contribution < -0.4 is 10.7 Å². The molecule has 0 unspecified atom stereocenters. The maximum atomic E-state index is 14.8. The molecular formula is C53H71N9O8. The summed E-state index contributed by atoms with van der Waals surface area (Å²) < 4.78 is 19.5. The van der Waals surface area contributed by atoms with Gasteiger partial charge in [-0.05, 0) is 93.5 Å². The van der Waals surface area contributed by atoms with Gasteiger partial charge in [0, 0.05) is 99.7 Å². The monoisotopic (exact) mass is 962 g/mol. The molecule has 7 rings (SSSR count). The molecule has 1 aromatic carbocycles. The third-order valence-electron chi connectivity index (χ3n) is 13.9. The molecule has 6 heterocycles. The van der Waals surface area contributed by atoms with Crippen molar-refractivity contribution in [2.45, 2.75) is 110 Å². The van der Waals surface area contributed by atoms with E-state index in [9.17, 15) is 24.0 Å². The average molecular weight is 962 g/mol. The molecule has 6 bridgehead atoms. The highest BCUT2D eigenvalue weighted by Gasteiger charge is 2.40. The molecule has 376 valence electrons. The zero-order chi connectivity index (χ0) is 50.4. The van der Waals surface area contributed by atoms with Crippen molar-refractivity contribution in [3.63, 3.8) is 0 Å². The number of aromatic nitrogens is 3. The SMILES string of the molecule is C=CC(=O)N(CCOC)[C@H]1CCN(C(=O)N(C)[C@H](C(=O)N[C@H]2Cc3cccc(n3)-c3ccc4c(c3)c(c(-c3cccnc3[C@H](C)OC)n4CC)CC(C)(C)COC(=O)[C@@H]3CCCN(N3)C2=O)C(C)C)C1. The molecule has 5 atom stereocenters. The van der Waals surface area contributed by atoms with Crippen LogP contribution in [0.25, 0.3) is 33.4 Å². The van der Waals surface area contributed by atoms with Crippen LogP contribution in [0.15, 0.2) is 67.4 Å². The first-order chi connectivity index (χ1) is 33.5. The van der Waals surface area contributed by atoms with Gasteiger partial charge in [-0.2, -0.15) is 0 Å². The van der Waals surface area contributed by atoms with E-state index in [1.54, 1.807) is 37.3 Å². The molecule has 17 nitrogen and oxygen atoms in total. The summed E-state index contributed by atoms with van der Waals surface area (Å²) in [6.45, 7) is 18.1. The number of rotatable bonds is 13. The first kappa shape index (κ1) is 51.7. The summed E-state index contributed by atoms with van der Waals surface area (Å²) in [4.78, 5) is 85.0. The molecule has 70 heavy (non-hydrogen) atoms. The number of hydrogen-bond acceptors (Lipinski definition) is 11. The number of methoxy groups -OCH3 is 2. The van der Waals surface area contributed by atoms with Crippen LogP contribution in [0, 0.1) is 11.3 Å². The van der Waals surface area contributed by atoms with Crippen molar-refractivity contribution in [2.24, 2.45) is 11.3 Å². The molecule has 0 saturated carbocycles. The van der Waals surface area contributed by atoms with E-state index in [4.69, 9.17) is 24.2 Å². The number of nitrogens with one attached hydrogen (secondary N) is 2. The van der Waals surface area contributed by atoms with Crippen molar-refractivity contribution in [2.75, 3.05) is 60.7 Å². The fraction of sp³-hybridized carbons (Fsp3) is 0.528. The number of nitrogens with zero attached hydrogens (tertiary/aromatic N) is 7. The van der Waals surface area contributed by atoms with Crippen LogP contribution in [0.1, 0.15) is 83.9 Å². The van der Waals surface area contributed by atoms with Crippen LogP contribution in [0.4, 0.5) is 4.79 Å². The third kappa shape index (κ3) is 11.1. The summed E-state index contributed by atoms with van der Waals surface area (Å²) in [5.41, 5.74) is 9.68. The molecule has 3 aliphatic heterocycles. The molecular weight excluding hydrogens is 891 g/mol. The third-order valence-corrected chi connectivity index (χ3v) is 13.9. The number of pyridine rings is 2. The molecule has 2 N–H and O–H groups in total. The summed E-state index contributed by atoms with van der Waals surface area (Å²) in [5, 5.41) is 5.48. The molecule has 2 saturated heterocycles. The molecule has 17 heteroatoms. The zero-order valence-corrected chi connectivity index (χ0v) is 42.3. The Labute approximate surface area is 411 Å². The average Bonchev–Trinajstić information content (AvgIpc) is 3.97. The molecule has 3 aromatic heterocycles. The lowest BCUT2D eigenvalue weighted by Gasteiger charge is -2.37. The number of carbonyl (C=O) groups excluding carboxylic acids is 5. The van der Waals surface area contributed by atoms with Crippen LogP contribution in [0.5, 0.6) is 0 Å². The standard InChI is InChI=1S/C53H71N9O8/c1-11-45(63)61(26-27-68-9)37-22-25-59(31-37)52(67)58(8)47(33(3)4)49(64)56-43-29-36-16-13-18-41(55-36)35-20-21-44-39(28-35)40(48(60(44)12-2)38-17-14-23-54-46(38)34(5)69-10)30-53(6,7)32-70-51(66)42-19-15-24-62(57-42)50(43)65/h11,13-14,16-18,20-21,23,28,33-34,37,42-43,47,57H,1,12,15,19,22,24-27,29-32H2,2-10H3,(H,56,64)/t34-,37-,42-,43-,47-/m0/s1. The topological polar surface area (TPSA) is 181 Å². The molecule has 4 aromatic rings. The van der Waals surface area contributed by atoms with E-state index in [0.717, 1.165) is 39.0 Å². The predicted molar refractivity (Wildman–Crippen MR) is 267 cm³/mol. The quantitative estimate of drug-likeness (QED) is 0.119. The second kappa shape index (κ2) is 22.3. The highest BCUT2D eigenvalue weighted by molar-refractivity contribution is 5.96.